The van der Waals surface area contributed by atoms with Crippen LogP contribution in [0.15, 0.2) is 76.6 Å². The van der Waals surface area contributed by atoms with Crippen molar-refractivity contribution in [2.45, 2.75) is 17.9 Å². The van der Waals surface area contributed by atoms with E-state index in [4.69, 9.17) is 4.74 Å². The molecule has 0 saturated heterocycles. The first kappa shape index (κ1) is 25.9. The van der Waals surface area contributed by atoms with Crippen molar-refractivity contribution in [2.75, 3.05) is 27.2 Å². The van der Waals surface area contributed by atoms with Gasteiger partial charge in [-0.3, -0.25) is 4.99 Å². The summed E-state index contributed by atoms with van der Waals surface area (Å²) < 4.78 is 31.7. The molecule has 3 rings (SSSR count). The predicted molar refractivity (Wildman–Crippen MR) is 140 cm³/mol. The van der Waals surface area contributed by atoms with Crippen molar-refractivity contribution in [3.05, 3.63) is 72.3 Å². The molecule has 0 saturated carbocycles. The highest BCUT2D eigenvalue weighted by molar-refractivity contribution is 14.0. The molecular formula is C23H29IN4O3S. The summed E-state index contributed by atoms with van der Waals surface area (Å²) in [6, 6.07) is 21.0. The number of sulfonamides is 1. The maximum Gasteiger partial charge on any atom is 0.240 e. The van der Waals surface area contributed by atoms with Crippen LogP contribution in [0.4, 0.5) is 0 Å². The molecule has 0 radical (unpaired) electrons. The lowest BCUT2D eigenvalue weighted by Gasteiger charge is -2.13. The SMILES string of the molecule is CN=C(NCCCOc1ccc2ccccc2c1)NCc1ccc(S(=O)(=O)NC)cc1.I. The average molecular weight is 568 g/mol. The molecule has 0 aliphatic rings. The largest absolute Gasteiger partial charge is 0.494 e. The molecule has 0 bridgehead atoms. The van der Waals surface area contributed by atoms with E-state index in [1.54, 1.807) is 31.3 Å². The summed E-state index contributed by atoms with van der Waals surface area (Å²) >= 11 is 0. The molecule has 9 heteroatoms. The Bertz CT molecular complexity index is 1140. The number of fused-ring (bicyclic) bond motifs is 1. The van der Waals surface area contributed by atoms with Crippen LogP contribution in [-0.2, 0) is 16.6 Å². The third kappa shape index (κ3) is 7.35. The van der Waals surface area contributed by atoms with Gasteiger partial charge in [0.2, 0.25) is 10.0 Å². The number of guanidine groups is 1. The first-order valence-electron chi connectivity index (χ1n) is 10.1. The lowest BCUT2D eigenvalue weighted by molar-refractivity contribution is 0.311. The predicted octanol–water partition coefficient (Wildman–Crippen LogP) is 3.50. The van der Waals surface area contributed by atoms with Gasteiger partial charge in [0.1, 0.15) is 5.75 Å². The number of hydrogen-bond acceptors (Lipinski definition) is 4. The summed E-state index contributed by atoms with van der Waals surface area (Å²) in [5.41, 5.74) is 0.956. The van der Waals surface area contributed by atoms with Crippen molar-refractivity contribution >= 4 is 50.7 Å². The van der Waals surface area contributed by atoms with E-state index in [1.165, 1.54) is 17.8 Å². The molecule has 7 nitrogen and oxygen atoms in total. The molecular weight excluding hydrogens is 539 g/mol. The Balaban J connectivity index is 0.00000363. The van der Waals surface area contributed by atoms with Gasteiger partial charge in [-0.1, -0.05) is 42.5 Å². The molecule has 0 spiro atoms. The van der Waals surface area contributed by atoms with E-state index in [9.17, 15) is 8.42 Å². The smallest absolute Gasteiger partial charge is 0.240 e. The lowest BCUT2D eigenvalue weighted by atomic mass is 10.1. The Labute approximate surface area is 206 Å². The zero-order chi connectivity index (χ0) is 22.1. The number of benzene rings is 3. The topological polar surface area (TPSA) is 91.8 Å². The maximum atomic E-state index is 11.8. The summed E-state index contributed by atoms with van der Waals surface area (Å²) in [6.45, 7) is 1.85. The summed E-state index contributed by atoms with van der Waals surface area (Å²) in [5.74, 6) is 1.54. The quantitative estimate of drug-likeness (QED) is 0.159. The fraction of sp³-hybridized carbons (Fsp3) is 0.261. The standard InChI is InChI=1S/C23H28N4O3S.HI/c1-24-23(27-17-18-8-12-22(13-9-18)31(28,29)25-2)26-14-5-15-30-21-11-10-19-6-3-4-7-20(19)16-21;/h3-4,6-13,16,25H,5,14-15,17H2,1-2H3,(H2,24,26,27);1H. The molecule has 0 fully saturated rings. The van der Waals surface area contributed by atoms with E-state index in [0.717, 1.165) is 17.7 Å². The molecule has 0 aliphatic carbocycles. The zero-order valence-corrected chi connectivity index (χ0v) is 21.3. The summed E-state index contributed by atoms with van der Waals surface area (Å²) in [4.78, 5) is 4.45. The van der Waals surface area contributed by atoms with E-state index in [2.05, 4.69) is 44.6 Å². The van der Waals surface area contributed by atoms with Crippen molar-refractivity contribution in [3.8, 4) is 5.75 Å². The number of nitrogens with one attached hydrogen (secondary N) is 3. The monoisotopic (exact) mass is 568 g/mol. The van der Waals surface area contributed by atoms with Crippen LogP contribution in [0, 0.1) is 0 Å². The van der Waals surface area contributed by atoms with E-state index >= 15 is 0 Å². The Kier molecular flexibility index (Phi) is 10.2. The second kappa shape index (κ2) is 12.6. The van der Waals surface area contributed by atoms with Crippen molar-refractivity contribution in [3.63, 3.8) is 0 Å². The van der Waals surface area contributed by atoms with Gasteiger partial charge >= 0.3 is 0 Å². The van der Waals surface area contributed by atoms with Crippen LogP contribution >= 0.6 is 24.0 Å². The first-order valence-corrected chi connectivity index (χ1v) is 11.6. The summed E-state index contributed by atoms with van der Waals surface area (Å²) in [7, 11) is -0.310. The van der Waals surface area contributed by atoms with Gasteiger partial charge < -0.3 is 15.4 Å². The minimum Gasteiger partial charge on any atom is -0.494 e. The number of hydrogen-bond donors (Lipinski definition) is 3. The molecule has 3 aromatic carbocycles. The third-order valence-corrected chi connectivity index (χ3v) is 6.22. The number of halogens is 1. The second-order valence-corrected chi connectivity index (χ2v) is 8.80. The van der Waals surface area contributed by atoms with Crippen LogP contribution < -0.4 is 20.1 Å². The Morgan fingerprint density at radius 2 is 1.69 bits per heavy atom. The normalized spacial score (nSPS) is 11.6. The fourth-order valence-electron chi connectivity index (χ4n) is 3.04. The van der Waals surface area contributed by atoms with Crippen molar-refractivity contribution in [2.24, 2.45) is 4.99 Å². The second-order valence-electron chi connectivity index (χ2n) is 6.92. The molecule has 0 aliphatic heterocycles. The van der Waals surface area contributed by atoms with Gasteiger partial charge in [-0.05, 0) is 54.1 Å². The average Bonchev–Trinajstić information content (AvgIpc) is 2.81. The van der Waals surface area contributed by atoms with Gasteiger partial charge in [0.15, 0.2) is 5.96 Å². The molecule has 0 aromatic heterocycles. The molecule has 0 atom stereocenters. The minimum absolute atomic E-state index is 0. The van der Waals surface area contributed by atoms with Gasteiger partial charge in [-0.25, -0.2) is 13.1 Å². The number of rotatable bonds is 9. The van der Waals surface area contributed by atoms with E-state index in [0.29, 0.717) is 25.7 Å². The molecule has 32 heavy (non-hydrogen) atoms. The fourth-order valence-corrected chi connectivity index (χ4v) is 3.77. The van der Waals surface area contributed by atoms with Gasteiger partial charge in [0, 0.05) is 20.1 Å². The van der Waals surface area contributed by atoms with Gasteiger partial charge in [-0.15, -0.1) is 24.0 Å². The summed E-state index contributed by atoms with van der Waals surface area (Å²) in [6.07, 6.45) is 0.824. The minimum atomic E-state index is -3.42. The molecule has 0 unspecified atom stereocenters. The van der Waals surface area contributed by atoms with Crippen molar-refractivity contribution in [1.29, 1.82) is 0 Å². The van der Waals surface area contributed by atoms with Crippen LogP contribution in [-0.4, -0.2) is 41.6 Å². The van der Waals surface area contributed by atoms with E-state index in [-0.39, 0.29) is 28.9 Å². The van der Waals surface area contributed by atoms with Crippen molar-refractivity contribution in [1.82, 2.24) is 15.4 Å². The molecule has 0 amide bonds. The van der Waals surface area contributed by atoms with Crippen LogP contribution in [0.2, 0.25) is 0 Å². The lowest BCUT2D eigenvalue weighted by Crippen LogP contribution is -2.37. The Morgan fingerprint density at radius 1 is 0.969 bits per heavy atom. The van der Waals surface area contributed by atoms with E-state index in [1.807, 2.05) is 18.2 Å². The third-order valence-electron chi connectivity index (χ3n) is 4.79. The molecule has 0 heterocycles. The molecule has 3 aromatic rings. The van der Waals surface area contributed by atoms with Crippen molar-refractivity contribution < 1.29 is 13.2 Å². The Morgan fingerprint density at radius 3 is 2.38 bits per heavy atom. The molecule has 172 valence electrons. The van der Waals surface area contributed by atoms with Crippen LogP contribution in [0.25, 0.3) is 10.8 Å². The highest BCUT2D eigenvalue weighted by Crippen LogP contribution is 2.20. The summed E-state index contributed by atoms with van der Waals surface area (Å²) in [5, 5.41) is 8.84. The van der Waals surface area contributed by atoms with E-state index < -0.39 is 10.0 Å². The maximum absolute atomic E-state index is 11.8. The number of nitrogens with zero attached hydrogens (tertiary/aromatic N) is 1. The van der Waals surface area contributed by atoms with Crippen LogP contribution in [0.1, 0.15) is 12.0 Å². The first-order chi connectivity index (χ1) is 15.0. The Hall–Kier alpha value is -2.37. The van der Waals surface area contributed by atoms with Gasteiger partial charge in [0.25, 0.3) is 0 Å². The van der Waals surface area contributed by atoms with Gasteiger partial charge in [0.05, 0.1) is 11.5 Å². The molecule has 3 N–H and O–H groups in total. The number of aliphatic imine (C=N–C) groups is 1. The number of ether oxygens (including phenoxy) is 1. The highest BCUT2D eigenvalue weighted by Gasteiger charge is 2.10. The van der Waals surface area contributed by atoms with Crippen LogP contribution in [0.5, 0.6) is 5.75 Å². The van der Waals surface area contributed by atoms with Gasteiger partial charge in [-0.2, -0.15) is 0 Å². The zero-order valence-electron chi connectivity index (χ0n) is 18.2. The highest BCUT2D eigenvalue weighted by atomic mass is 127. The van der Waals surface area contributed by atoms with Crippen LogP contribution in [0.3, 0.4) is 0 Å².